The summed E-state index contributed by atoms with van der Waals surface area (Å²) in [6.07, 6.45) is 4.00. The number of benzene rings is 2. The van der Waals surface area contributed by atoms with Crippen LogP contribution in [0.2, 0.25) is 0 Å². The van der Waals surface area contributed by atoms with E-state index >= 15 is 0 Å². The first-order chi connectivity index (χ1) is 11.6. The molecule has 0 bridgehead atoms. The van der Waals surface area contributed by atoms with Crippen LogP contribution in [0.1, 0.15) is 27.9 Å². The number of hydrogen-bond donors (Lipinski definition) is 2. The standard InChI is InChI=1S/C19H20N2O3/c20-18(22)17-11-6-10-15(13-17)7-4-5-12-21-19(23)24-14-16-8-2-1-3-9-16/h1-4,6-11,13H,5,12,14H2,(H2,20,22)(H,21,23). The van der Waals surface area contributed by atoms with Crippen molar-refractivity contribution in [3.8, 4) is 0 Å². The molecule has 5 heteroatoms. The van der Waals surface area contributed by atoms with Crippen LogP contribution in [0.4, 0.5) is 4.79 Å². The van der Waals surface area contributed by atoms with Crippen LogP contribution in [0.5, 0.6) is 0 Å². The van der Waals surface area contributed by atoms with Crippen LogP contribution in [0.25, 0.3) is 6.08 Å². The Labute approximate surface area is 141 Å². The second-order valence-electron chi connectivity index (χ2n) is 5.17. The van der Waals surface area contributed by atoms with Crippen molar-refractivity contribution in [2.45, 2.75) is 13.0 Å². The van der Waals surface area contributed by atoms with Crippen molar-refractivity contribution >= 4 is 18.1 Å². The quantitative estimate of drug-likeness (QED) is 0.768. The largest absolute Gasteiger partial charge is 0.445 e. The lowest BCUT2D eigenvalue weighted by atomic mass is 10.1. The number of carbonyl (C=O) groups excluding carboxylic acids is 2. The third kappa shape index (κ3) is 5.96. The van der Waals surface area contributed by atoms with Gasteiger partial charge in [-0.05, 0) is 29.7 Å². The van der Waals surface area contributed by atoms with E-state index in [4.69, 9.17) is 10.5 Å². The summed E-state index contributed by atoms with van der Waals surface area (Å²) in [6.45, 7) is 0.724. The molecule has 0 saturated heterocycles. The number of ether oxygens (including phenoxy) is 1. The highest BCUT2D eigenvalue weighted by Crippen LogP contribution is 2.07. The first-order valence-electron chi connectivity index (χ1n) is 7.66. The van der Waals surface area contributed by atoms with E-state index in [9.17, 15) is 9.59 Å². The van der Waals surface area contributed by atoms with Gasteiger partial charge in [0, 0.05) is 12.1 Å². The maximum atomic E-state index is 11.6. The van der Waals surface area contributed by atoms with Gasteiger partial charge < -0.3 is 15.8 Å². The van der Waals surface area contributed by atoms with E-state index in [0.717, 1.165) is 11.1 Å². The molecule has 5 nitrogen and oxygen atoms in total. The molecule has 0 fully saturated rings. The van der Waals surface area contributed by atoms with Crippen molar-refractivity contribution in [2.75, 3.05) is 6.54 Å². The second kappa shape index (κ2) is 9.15. The van der Waals surface area contributed by atoms with Gasteiger partial charge in [-0.3, -0.25) is 4.79 Å². The maximum absolute atomic E-state index is 11.6. The Kier molecular flexibility index (Phi) is 6.58. The van der Waals surface area contributed by atoms with E-state index in [2.05, 4.69) is 5.32 Å². The number of hydrogen-bond acceptors (Lipinski definition) is 3. The van der Waals surface area contributed by atoms with Crippen molar-refractivity contribution in [1.29, 1.82) is 0 Å². The first kappa shape index (κ1) is 17.3. The minimum absolute atomic E-state index is 0.252. The average Bonchev–Trinajstić information content (AvgIpc) is 2.61. The van der Waals surface area contributed by atoms with Crippen molar-refractivity contribution in [1.82, 2.24) is 5.32 Å². The number of nitrogens with two attached hydrogens (primary N) is 1. The molecule has 0 heterocycles. The lowest BCUT2D eigenvalue weighted by Crippen LogP contribution is -2.24. The molecule has 0 unspecified atom stereocenters. The van der Waals surface area contributed by atoms with Crippen molar-refractivity contribution in [3.05, 3.63) is 77.4 Å². The topological polar surface area (TPSA) is 81.4 Å². The zero-order chi connectivity index (χ0) is 17.2. The highest BCUT2D eigenvalue weighted by molar-refractivity contribution is 5.93. The lowest BCUT2D eigenvalue weighted by Gasteiger charge is -2.05. The van der Waals surface area contributed by atoms with Crippen LogP contribution in [0, 0.1) is 0 Å². The summed E-state index contributed by atoms with van der Waals surface area (Å²) < 4.78 is 5.11. The Morgan fingerprint density at radius 1 is 1.08 bits per heavy atom. The van der Waals surface area contributed by atoms with Crippen LogP contribution >= 0.6 is 0 Å². The fourth-order valence-electron chi connectivity index (χ4n) is 2.05. The van der Waals surface area contributed by atoms with E-state index in [1.54, 1.807) is 18.2 Å². The molecule has 0 spiro atoms. The summed E-state index contributed by atoms with van der Waals surface area (Å²) in [7, 11) is 0. The zero-order valence-electron chi connectivity index (χ0n) is 13.3. The lowest BCUT2D eigenvalue weighted by molar-refractivity contribution is 0.1000. The Morgan fingerprint density at radius 2 is 1.88 bits per heavy atom. The maximum Gasteiger partial charge on any atom is 0.407 e. The van der Waals surface area contributed by atoms with Crippen molar-refractivity contribution < 1.29 is 14.3 Å². The predicted octanol–water partition coefficient (Wildman–Crippen LogP) is 3.12. The molecular weight excluding hydrogens is 304 g/mol. The van der Waals surface area contributed by atoms with Gasteiger partial charge in [0.05, 0.1) is 0 Å². The summed E-state index contributed by atoms with van der Waals surface area (Å²) >= 11 is 0. The second-order valence-corrected chi connectivity index (χ2v) is 5.17. The zero-order valence-corrected chi connectivity index (χ0v) is 13.3. The summed E-state index contributed by atoms with van der Waals surface area (Å²) in [5, 5.41) is 2.68. The van der Waals surface area contributed by atoms with E-state index in [1.165, 1.54) is 0 Å². The first-order valence-corrected chi connectivity index (χ1v) is 7.66. The molecule has 24 heavy (non-hydrogen) atoms. The number of rotatable bonds is 7. The minimum atomic E-state index is -0.451. The van der Waals surface area contributed by atoms with Gasteiger partial charge in [-0.2, -0.15) is 0 Å². The fourth-order valence-corrected chi connectivity index (χ4v) is 2.05. The van der Waals surface area contributed by atoms with Gasteiger partial charge in [-0.25, -0.2) is 4.79 Å². The van der Waals surface area contributed by atoms with Gasteiger partial charge in [0.15, 0.2) is 0 Å². The van der Waals surface area contributed by atoms with E-state index < -0.39 is 12.0 Å². The molecule has 2 rings (SSSR count). The molecule has 0 radical (unpaired) electrons. The molecule has 0 aliphatic carbocycles. The Bertz CT molecular complexity index is 712. The average molecular weight is 324 g/mol. The van der Waals surface area contributed by atoms with Crippen molar-refractivity contribution in [3.63, 3.8) is 0 Å². The summed E-state index contributed by atoms with van der Waals surface area (Å²) in [5.41, 5.74) is 7.54. The van der Waals surface area contributed by atoms with Gasteiger partial charge in [-0.1, -0.05) is 54.6 Å². The molecule has 2 amide bonds. The summed E-state index contributed by atoms with van der Waals surface area (Å²) in [6, 6.07) is 16.6. The van der Waals surface area contributed by atoms with E-state index in [-0.39, 0.29) is 6.61 Å². The van der Waals surface area contributed by atoms with E-state index in [0.29, 0.717) is 18.5 Å². The van der Waals surface area contributed by atoms with Crippen LogP contribution < -0.4 is 11.1 Å². The number of nitrogens with one attached hydrogen (secondary N) is 1. The molecular formula is C19H20N2O3. The molecule has 124 valence electrons. The van der Waals surface area contributed by atoms with Crippen LogP contribution in [-0.2, 0) is 11.3 Å². The molecule has 2 aromatic carbocycles. The van der Waals surface area contributed by atoms with Gasteiger partial charge in [0.25, 0.3) is 0 Å². The van der Waals surface area contributed by atoms with Gasteiger partial charge >= 0.3 is 6.09 Å². The van der Waals surface area contributed by atoms with Crippen LogP contribution in [-0.4, -0.2) is 18.5 Å². The Hall–Kier alpha value is -3.08. The number of carbonyl (C=O) groups is 2. The molecule has 3 N–H and O–H groups in total. The number of alkyl carbamates (subject to hydrolysis) is 1. The molecule has 0 aromatic heterocycles. The third-order valence-electron chi connectivity index (χ3n) is 3.27. The smallest absolute Gasteiger partial charge is 0.407 e. The molecule has 0 aliphatic heterocycles. The minimum Gasteiger partial charge on any atom is -0.445 e. The third-order valence-corrected chi connectivity index (χ3v) is 3.27. The SMILES string of the molecule is NC(=O)c1cccc(C=CCCNC(=O)OCc2ccccc2)c1. The Balaban J connectivity index is 1.68. The van der Waals surface area contributed by atoms with Crippen LogP contribution in [0.3, 0.4) is 0 Å². The van der Waals surface area contributed by atoms with Gasteiger partial charge in [-0.15, -0.1) is 0 Å². The number of primary amides is 1. The monoisotopic (exact) mass is 324 g/mol. The summed E-state index contributed by atoms with van der Waals surface area (Å²) in [4.78, 5) is 22.7. The molecule has 0 aliphatic rings. The number of amides is 2. The van der Waals surface area contributed by atoms with Gasteiger partial charge in [0.1, 0.15) is 6.61 Å². The van der Waals surface area contributed by atoms with Crippen molar-refractivity contribution in [2.24, 2.45) is 5.73 Å². The Morgan fingerprint density at radius 3 is 2.62 bits per heavy atom. The fraction of sp³-hybridized carbons (Fsp3) is 0.158. The van der Waals surface area contributed by atoms with E-state index in [1.807, 2.05) is 48.6 Å². The van der Waals surface area contributed by atoms with Gasteiger partial charge in [0.2, 0.25) is 5.91 Å². The van der Waals surface area contributed by atoms with Crippen LogP contribution in [0.15, 0.2) is 60.7 Å². The highest BCUT2D eigenvalue weighted by atomic mass is 16.5. The molecule has 0 saturated carbocycles. The summed E-state index contributed by atoms with van der Waals surface area (Å²) in [5.74, 6) is -0.451. The highest BCUT2D eigenvalue weighted by Gasteiger charge is 2.01. The normalized spacial score (nSPS) is 10.5. The predicted molar refractivity (Wildman–Crippen MR) is 93.2 cm³/mol. The molecule has 0 atom stereocenters. The molecule has 2 aromatic rings.